The van der Waals surface area contributed by atoms with Crippen LogP contribution >= 0.6 is 0 Å². The molecule has 0 spiro atoms. The third-order valence-electron chi connectivity index (χ3n) is 5.75. The number of carbonyl (C=O) groups is 1. The number of rotatable bonds is 6. The Kier molecular flexibility index (Phi) is 6.15. The van der Waals surface area contributed by atoms with Crippen LogP contribution in [0.3, 0.4) is 0 Å². The number of hydrogen-bond acceptors (Lipinski definition) is 2. The number of ether oxygens (including phenoxy) is 1. The third kappa shape index (κ3) is 4.68. The van der Waals surface area contributed by atoms with E-state index in [0.717, 1.165) is 12.0 Å². The molecule has 2 aromatic carbocycles. The fourth-order valence-corrected chi connectivity index (χ4v) is 4.19. The van der Waals surface area contributed by atoms with Crippen LogP contribution in [0.5, 0.6) is 11.5 Å². The summed E-state index contributed by atoms with van der Waals surface area (Å²) in [7, 11) is 0. The van der Waals surface area contributed by atoms with Gasteiger partial charge in [0, 0.05) is 5.56 Å². The summed E-state index contributed by atoms with van der Waals surface area (Å²) in [4.78, 5) is 11.1. The molecule has 3 atom stereocenters. The Morgan fingerprint density at radius 3 is 2.56 bits per heavy atom. The predicted molar refractivity (Wildman–Crippen MR) is 106 cm³/mol. The standard InChI is InChI=1S/C23H28FNO2/c1-3-4-16-6-5-15(2)20(13-16)17-7-10-19(11-8-17)27-22-12-9-18(23(25)26)14-21(22)24/h7-12,14-16,20H,3-6,13H2,1-2H3,(H2,25,26). The van der Waals surface area contributed by atoms with Crippen molar-refractivity contribution in [2.45, 2.75) is 51.9 Å². The van der Waals surface area contributed by atoms with Gasteiger partial charge in [0.1, 0.15) is 5.75 Å². The largest absolute Gasteiger partial charge is 0.454 e. The molecule has 4 heteroatoms. The molecule has 1 saturated carbocycles. The zero-order valence-corrected chi connectivity index (χ0v) is 16.1. The zero-order chi connectivity index (χ0) is 19.4. The first kappa shape index (κ1) is 19.4. The maximum atomic E-state index is 14.1. The number of benzene rings is 2. The van der Waals surface area contributed by atoms with Crippen molar-refractivity contribution in [2.75, 3.05) is 0 Å². The van der Waals surface area contributed by atoms with Gasteiger partial charge in [0.25, 0.3) is 0 Å². The first-order chi connectivity index (χ1) is 13.0. The Hall–Kier alpha value is -2.36. The number of nitrogens with two attached hydrogens (primary N) is 1. The van der Waals surface area contributed by atoms with Crippen molar-refractivity contribution in [1.29, 1.82) is 0 Å². The summed E-state index contributed by atoms with van der Waals surface area (Å²) in [5, 5.41) is 0. The highest BCUT2D eigenvalue weighted by Gasteiger charge is 2.28. The molecule has 0 aliphatic heterocycles. The molecule has 0 bridgehead atoms. The van der Waals surface area contributed by atoms with Gasteiger partial charge in [-0.15, -0.1) is 0 Å². The molecule has 2 aromatic rings. The molecule has 1 amide bonds. The summed E-state index contributed by atoms with van der Waals surface area (Å²) < 4.78 is 19.7. The fraction of sp³-hybridized carbons (Fsp3) is 0.435. The van der Waals surface area contributed by atoms with Crippen LogP contribution in [0, 0.1) is 17.7 Å². The summed E-state index contributed by atoms with van der Waals surface area (Å²) in [6.45, 7) is 4.60. The second-order valence-electron chi connectivity index (χ2n) is 7.73. The quantitative estimate of drug-likeness (QED) is 0.675. The lowest BCUT2D eigenvalue weighted by Gasteiger charge is -2.34. The van der Waals surface area contributed by atoms with Crippen molar-refractivity contribution in [3.63, 3.8) is 0 Å². The molecule has 27 heavy (non-hydrogen) atoms. The van der Waals surface area contributed by atoms with Crippen LogP contribution in [-0.4, -0.2) is 5.91 Å². The van der Waals surface area contributed by atoms with Gasteiger partial charge < -0.3 is 10.5 Å². The molecule has 0 saturated heterocycles. The maximum Gasteiger partial charge on any atom is 0.248 e. The smallest absolute Gasteiger partial charge is 0.248 e. The van der Waals surface area contributed by atoms with E-state index in [9.17, 15) is 9.18 Å². The van der Waals surface area contributed by atoms with Crippen LogP contribution < -0.4 is 10.5 Å². The molecule has 1 fully saturated rings. The Morgan fingerprint density at radius 2 is 1.93 bits per heavy atom. The highest BCUT2D eigenvalue weighted by Crippen LogP contribution is 2.42. The maximum absolute atomic E-state index is 14.1. The van der Waals surface area contributed by atoms with E-state index in [1.165, 1.54) is 49.8 Å². The number of amides is 1. The molecule has 1 aliphatic carbocycles. The van der Waals surface area contributed by atoms with Crippen LogP contribution in [0.1, 0.15) is 67.8 Å². The fourth-order valence-electron chi connectivity index (χ4n) is 4.19. The summed E-state index contributed by atoms with van der Waals surface area (Å²) in [5.41, 5.74) is 6.63. The van der Waals surface area contributed by atoms with Crippen LogP contribution in [0.4, 0.5) is 4.39 Å². The van der Waals surface area contributed by atoms with Crippen molar-refractivity contribution in [3.8, 4) is 11.5 Å². The Bertz CT molecular complexity index is 787. The Labute approximate surface area is 160 Å². The van der Waals surface area contributed by atoms with Crippen molar-refractivity contribution < 1.29 is 13.9 Å². The molecule has 3 rings (SSSR count). The molecule has 0 radical (unpaired) electrons. The molecule has 1 aliphatic rings. The highest BCUT2D eigenvalue weighted by atomic mass is 19.1. The molecular weight excluding hydrogens is 341 g/mol. The normalized spacial score (nSPS) is 22.4. The van der Waals surface area contributed by atoms with Gasteiger partial charge in [-0.3, -0.25) is 4.79 Å². The Balaban J connectivity index is 1.71. The summed E-state index contributed by atoms with van der Waals surface area (Å²) in [6, 6.07) is 12.0. The zero-order valence-electron chi connectivity index (χ0n) is 16.1. The topological polar surface area (TPSA) is 52.3 Å². The van der Waals surface area contributed by atoms with E-state index in [1.54, 1.807) is 0 Å². The van der Waals surface area contributed by atoms with Gasteiger partial charge in [-0.05, 0) is 66.5 Å². The molecule has 144 valence electrons. The SMILES string of the molecule is CCCC1CCC(C)C(c2ccc(Oc3ccc(C(N)=O)cc3F)cc2)C1. The van der Waals surface area contributed by atoms with Crippen LogP contribution in [0.15, 0.2) is 42.5 Å². The molecule has 0 aromatic heterocycles. The van der Waals surface area contributed by atoms with E-state index in [4.69, 9.17) is 10.5 Å². The van der Waals surface area contributed by atoms with Crippen LogP contribution in [-0.2, 0) is 0 Å². The lowest BCUT2D eigenvalue weighted by Crippen LogP contribution is -2.21. The minimum absolute atomic E-state index is 0.0850. The minimum atomic E-state index is -0.659. The van der Waals surface area contributed by atoms with Crippen molar-refractivity contribution in [3.05, 3.63) is 59.4 Å². The molecule has 3 nitrogen and oxygen atoms in total. The summed E-state index contributed by atoms with van der Waals surface area (Å²) in [5.74, 6) is 1.50. The second kappa shape index (κ2) is 8.55. The van der Waals surface area contributed by atoms with Gasteiger partial charge in [0.15, 0.2) is 11.6 Å². The molecule has 0 heterocycles. The first-order valence-corrected chi connectivity index (χ1v) is 9.85. The minimum Gasteiger partial charge on any atom is -0.454 e. The first-order valence-electron chi connectivity index (χ1n) is 9.85. The van der Waals surface area contributed by atoms with E-state index in [0.29, 0.717) is 17.6 Å². The summed E-state index contributed by atoms with van der Waals surface area (Å²) >= 11 is 0. The third-order valence-corrected chi connectivity index (χ3v) is 5.75. The second-order valence-corrected chi connectivity index (χ2v) is 7.73. The van der Waals surface area contributed by atoms with E-state index < -0.39 is 11.7 Å². The number of hydrogen-bond donors (Lipinski definition) is 1. The number of carbonyl (C=O) groups excluding carboxylic acids is 1. The lowest BCUT2D eigenvalue weighted by molar-refractivity contribution is 0.1000. The monoisotopic (exact) mass is 369 g/mol. The van der Waals surface area contributed by atoms with Gasteiger partial charge in [-0.1, -0.05) is 45.2 Å². The van der Waals surface area contributed by atoms with E-state index in [1.807, 2.05) is 12.1 Å². The van der Waals surface area contributed by atoms with Gasteiger partial charge in [-0.2, -0.15) is 0 Å². The van der Waals surface area contributed by atoms with Crippen molar-refractivity contribution in [2.24, 2.45) is 17.6 Å². The molecule has 3 unspecified atom stereocenters. The van der Waals surface area contributed by atoms with Gasteiger partial charge in [0.2, 0.25) is 5.91 Å². The van der Waals surface area contributed by atoms with E-state index in [-0.39, 0.29) is 11.3 Å². The van der Waals surface area contributed by atoms with Gasteiger partial charge in [-0.25, -0.2) is 4.39 Å². The predicted octanol–water partition coefficient (Wildman–Crippen LogP) is 6.04. The molecular formula is C23H28FNO2. The van der Waals surface area contributed by atoms with Crippen LogP contribution in [0.2, 0.25) is 0 Å². The lowest BCUT2D eigenvalue weighted by atomic mass is 9.71. The van der Waals surface area contributed by atoms with E-state index in [2.05, 4.69) is 26.0 Å². The molecule has 2 N–H and O–H groups in total. The average molecular weight is 369 g/mol. The van der Waals surface area contributed by atoms with Gasteiger partial charge in [0.05, 0.1) is 0 Å². The van der Waals surface area contributed by atoms with Gasteiger partial charge >= 0.3 is 0 Å². The van der Waals surface area contributed by atoms with Crippen molar-refractivity contribution >= 4 is 5.91 Å². The van der Waals surface area contributed by atoms with E-state index >= 15 is 0 Å². The van der Waals surface area contributed by atoms with Crippen molar-refractivity contribution in [1.82, 2.24) is 0 Å². The highest BCUT2D eigenvalue weighted by molar-refractivity contribution is 5.92. The number of primary amides is 1. The average Bonchev–Trinajstić information content (AvgIpc) is 2.66. The Morgan fingerprint density at radius 1 is 1.19 bits per heavy atom. The van der Waals surface area contributed by atoms with Crippen LogP contribution in [0.25, 0.3) is 0 Å². The summed E-state index contributed by atoms with van der Waals surface area (Å²) in [6.07, 6.45) is 6.43. The number of halogens is 1.